The van der Waals surface area contributed by atoms with E-state index in [4.69, 9.17) is 10.5 Å². The maximum Gasteiger partial charge on any atom is 0.123 e. The van der Waals surface area contributed by atoms with Gasteiger partial charge in [-0.05, 0) is 17.7 Å². The zero-order chi connectivity index (χ0) is 12.3. The molecule has 1 aliphatic rings. The van der Waals surface area contributed by atoms with Crippen molar-refractivity contribution >= 4 is 0 Å². The summed E-state index contributed by atoms with van der Waals surface area (Å²) in [6, 6.07) is 6.83. The number of benzene rings is 1. The molecule has 0 aromatic heterocycles. The molecule has 0 aliphatic carbocycles. The summed E-state index contributed by atoms with van der Waals surface area (Å²) in [4.78, 5) is 2.27. The molecule has 2 N–H and O–H groups in total. The number of hydrogen-bond donors (Lipinski definition) is 1. The van der Waals surface area contributed by atoms with E-state index in [9.17, 15) is 4.39 Å². The van der Waals surface area contributed by atoms with Crippen LogP contribution in [0.25, 0.3) is 0 Å². The van der Waals surface area contributed by atoms with Crippen molar-refractivity contribution in [1.29, 1.82) is 0 Å². The van der Waals surface area contributed by atoms with Crippen molar-refractivity contribution in [3.05, 3.63) is 35.6 Å². The summed E-state index contributed by atoms with van der Waals surface area (Å²) in [6.45, 7) is 3.33. The zero-order valence-corrected chi connectivity index (χ0v) is 10.1. The molecule has 17 heavy (non-hydrogen) atoms. The first-order valence-corrected chi connectivity index (χ1v) is 5.93. The zero-order valence-electron chi connectivity index (χ0n) is 10.1. The average Bonchev–Trinajstić information content (AvgIpc) is 2.68. The van der Waals surface area contributed by atoms with Gasteiger partial charge in [0.1, 0.15) is 5.82 Å². The minimum Gasteiger partial charge on any atom is -0.383 e. The van der Waals surface area contributed by atoms with Crippen LogP contribution in [0.3, 0.4) is 0 Å². The Bertz CT molecular complexity index is 372. The van der Waals surface area contributed by atoms with E-state index in [-0.39, 0.29) is 17.8 Å². The largest absolute Gasteiger partial charge is 0.383 e. The predicted molar refractivity (Wildman–Crippen MR) is 65.4 cm³/mol. The van der Waals surface area contributed by atoms with Gasteiger partial charge in [0, 0.05) is 38.7 Å². The van der Waals surface area contributed by atoms with Gasteiger partial charge in [0.25, 0.3) is 0 Å². The highest BCUT2D eigenvalue weighted by atomic mass is 19.1. The summed E-state index contributed by atoms with van der Waals surface area (Å²) >= 11 is 0. The Morgan fingerprint density at radius 1 is 1.47 bits per heavy atom. The molecule has 0 radical (unpaired) electrons. The molecule has 4 heteroatoms. The van der Waals surface area contributed by atoms with E-state index in [1.54, 1.807) is 19.2 Å². The number of rotatable bonds is 4. The van der Waals surface area contributed by atoms with E-state index in [1.807, 2.05) is 6.07 Å². The lowest BCUT2D eigenvalue weighted by atomic mass is 9.95. The summed E-state index contributed by atoms with van der Waals surface area (Å²) in [6.07, 6.45) is 0. The molecule has 0 bridgehead atoms. The van der Waals surface area contributed by atoms with Crippen molar-refractivity contribution in [2.24, 2.45) is 5.73 Å². The summed E-state index contributed by atoms with van der Waals surface area (Å²) in [5.41, 5.74) is 7.12. The molecule has 0 amide bonds. The van der Waals surface area contributed by atoms with Crippen LogP contribution >= 0.6 is 0 Å². The Hall–Kier alpha value is -0.970. The minimum absolute atomic E-state index is 0.0775. The van der Waals surface area contributed by atoms with Crippen molar-refractivity contribution in [3.8, 4) is 0 Å². The number of nitrogens with two attached hydrogens (primary N) is 1. The van der Waals surface area contributed by atoms with Gasteiger partial charge in [-0.15, -0.1) is 0 Å². The third kappa shape index (κ3) is 3.03. The van der Waals surface area contributed by atoms with Crippen LogP contribution in [0.4, 0.5) is 4.39 Å². The molecule has 2 rings (SSSR count). The highest BCUT2D eigenvalue weighted by molar-refractivity contribution is 5.24. The van der Waals surface area contributed by atoms with Crippen molar-refractivity contribution in [3.63, 3.8) is 0 Å². The molecule has 94 valence electrons. The molecule has 0 spiro atoms. The second-order valence-electron chi connectivity index (χ2n) is 4.58. The van der Waals surface area contributed by atoms with Gasteiger partial charge >= 0.3 is 0 Å². The van der Waals surface area contributed by atoms with E-state index in [0.29, 0.717) is 6.61 Å². The third-order valence-electron chi connectivity index (χ3n) is 3.33. The van der Waals surface area contributed by atoms with Gasteiger partial charge in [0.2, 0.25) is 0 Å². The van der Waals surface area contributed by atoms with Crippen LogP contribution < -0.4 is 5.73 Å². The average molecular weight is 238 g/mol. The van der Waals surface area contributed by atoms with Crippen LogP contribution in [-0.2, 0) is 4.74 Å². The lowest BCUT2D eigenvalue weighted by Gasteiger charge is -2.15. The quantitative estimate of drug-likeness (QED) is 0.856. The fourth-order valence-electron chi connectivity index (χ4n) is 2.41. The van der Waals surface area contributed by atoms with Crippen LogP contribution in [0, 0.1) is 5.82 Å². The minimum atomic E-state index is -0.190. The fourth-order valence-corrected chi connectivity index (χ4v) is 2.41. The Kier molecular flexibility index (Phi) is 4.10. The molecule has 1 aromatic carbocycles. The lowest BCUT2D eigenvalue weighted by molar-refractivity contribution is 0.160. The molecule has 2 atom stereocenters. The topological polar surface area (TPSA) is 38.5 Å². The van der Waals surface area contributed by atoms with E-state index in [0.717, 1.165) is 25.2 Å². The van der Waals surface area contributed by atoms with Gasteiger partial charge in [-0.25, -0.2) is 4.39 Å². The first-order valence-electron chi connectivity index (χ1n) is 5.93. The number of halogens is 1. The van der Waals surface area contributed by atoms with E-state index < -0.39 is 0 Å². The maximum atomic E-state index is 13.2. The molecular weight excluding hydrogens is 219 g/mol. The Labute approximate surface area is 101 Å². The van der Waals surface area contributed by atoms with Crippen LogP contribution in [0.5, 0.6) is 0 Å². The van der Waals surface area contributed by atoms with Gasteiger partial charge in [-0.3, -0.25) is 4.90 Å². The lowest BCUT2D eigenvalue weighted by Crippen LogP contribution is -2.30. The summed E-state index contributed by atoms with van der Waals surface area (Å²) in [5.74, 6) is 0.0348. The Balaban J connectivity index is 2.02. The first kappa shape index (κ1) is 12.5. The molecule has 2 unspecified atom stereocenters. The number of nitrogens with zero attached hydrogens (tertiary/aromatic N) is 1. The number of ether oxygens (including phenoxy) is 1. The number of hydrogen-bond acceptors (Lipinski definition) is 3. The van der Waals surface area contributed by atoms with Gasteiger partial charge in [-0.1, -0.05) is 12.1 Å². The van der Waals surface area contributed by atoms with Gasteiger partial charge in [0.15, 0.2) is 0 Å². The normalized spacial score (nSPS) is 25.4. The van der Waals surface area contributed by atoms with E-state index >= 15 is 0 Å². The molecular formula is C13H19FN2O. The predicted octanol–water partition coefficient (Wildman–Crippen LogP) is 1.20. The van der Waals surface area contributed by atoms with Crippen molar-refractivity contribution in [2.45, 2.75) is 12.0 Å². The SMILES string of the molecule is COCCN1CC(N)C(c2cccc(F)c2)C1. The van der Waals surface area contributed by atoms with E-state index in [2.05, 4.69) is 4.90 Å². The van der Waals surface area contributed by atoms with Crippen LogP contribution in [-0.4, -0.2) is 44.3 Å². The standard InChI is InChI=1S/C13H19FN2O/c1-17-6-5-16-8-12(13(15)9-16)10-3-2-4-11(14)7-10/h2-4,7,12-13H,5-6,8-9,15H2,1H3. The molecule has 1 fully saturated rings. The van der Waals surface area contributed by atoms with Gasteiger partial charge < -0.3 is 10.5 Å². The first-order chi connectivity index (χ1) is 8.20. The molecule has 1 aromatic rings. The molecule has 1 saturated heterocycles. The highest BCUT2D eigenvalue weighted by Crippen LogP contribution is 2.26. The van der Waals surface area contributed by atoms with Crippen molar-refractivity contribution < 1.29 is 9.13 Å². The van der Waals surface area contributed by atoms with Crippen LogP contribution in [0.15, 0.2) is 24.3 Å². The second kappa shape index (κ2) is 5.58. The fraction of sp³-hybridized carbons (Fsp3) is 0.538. The molecule has 0 saturated carbocycles. The third-order valence-corrected chi connectivity index (χ3v) is 3.33. The molecule has 3 nitrogen and oxygen atoms in total. The Morgan fingerprint density at radius 3 is 3.00 bits per heavy atom. The number of likely N-dealkylation sites (tertiary alicyclic amines) is 1. The van der Waals surface area contributed by atoms with Crippen molar-refractivity contribution in [2.75, 3.05) is 33.4 Å². The van der Waals surface area contributed by atoms with Gasteiger partial charge in [-0.2, -0.15) is 0 Å². The number of methoxy groups -OCH3 is 1. The van der Waals surface area contributed by atoms with Crippen LogP contribution in [0.1, 0.15) is 11.5 Å². The monoisotopic (exact) mass is 238 g/mol. The summed E-state index contributed by atoms with van der Waals surface area (Å²) in [5, 5.41) is 0. The summed E-state index contributed by atoms with van der Waals surface area (Å²) in [7, 11) is 1.69. The summed E-state index contributed by atoms with van der Waals surface area (Å²) < 4.78 is 18.2. The highest BCUT2D eigenvalue weighted by Gasteiger charge is 2.30. The van der Waals surface area contributed by atoms with Crippen LogP contribution in [0.2, 0.25) is 0 Å². The maximum absolute atomic E-state index is 13.2. The second-order valence-corrected chi connectivity index (χ2v) is 4.58. The smallest absolute Gasteiger partial charge is 0.123 e. The Morgan fingerprint density at radius 2 is 2.29 bits per heavy atom. The van der Waals surface area contributed by atoms with Crippen molar-refractivity contribution in [1.82, 2.24) is 4.90 Å². The molecule has 1 aliphatic heterocycles. The van der Waals surface area contributed by atoms with Gasteiger partial charge in [0.05, 0.1) is 6.61 Å². The van der Waals surface area contributed by atoms with E-state index in [1.165, 1.54) is 6.07 Å². The molecule has 1 heterocycles.